The van der Waals surface area contributed by atoms with E-state index >= 15 is 0 Å². The predicted molar refractivity (Wildman–Crippen MR) is 80.6 cm³/mol. The molecule has 0 amide bonds. The van der Waals surface area contributed by atoms with E-state index in [0.29, 0.717) is 5.56 Å². The molecule has 0 aliphatic carbocycles. The Hall–Kier alpha value is -1.19. The SMILES string of the molecule is CC1(C)CCCC(C)(C)N1OCC(=O)c1ccccc1. The molecule has 0 bridgehead atoms. The maximum Gasteiger partial charge on any atom is 0.190 e. The van der Waals surface area contributed by atoms with Gasteiger partial charge in [-0.3, -0.25) is 9.63 Å². The number of rotatable bonds is 4. The number of benzene rings is 1. The minimum Gasteiger partial charge on any atom is -0.291 e. The molecule has 110 valence electrons. The van der Waals surface area contributed by atoms with Gasteiger partial charge in [0.15, 0.2) is 5.78 Å². The van der Waals surface area contributed by atoms with Gasteiger partial charge in [0.2, 0.25) is 0 Å². The number of hydroxylamine groups is 2. The van der Waals surface area contributed by atoms with Crippen LogP contribution >= 0.6 is 0 Å². The van der Waals surface area contributed by atoms with Gasteiger partial charge in [-0.2, -0.15) is 5.06 Å². The average molecular weight is 275 g/mol. The Morgan fingerprint density at radius 1 is 1.10 bits per heavy atom. The van der Waals surface area contributed by atoms with Crippen molar-refractivity contribution in [2.75, 3.05) is 6.61 Å². The number of hydrogen-bond acceptors (Lipinski definition) is 3. The standard InChI is InChI=1S/C17H25NO2/c1-16(2)11-8-12-17(3,4)18(16)20-13-15(19)14-9-6-5-7-10-14/h5-7,9-10H,8,11-13H2,1-4H3. The lowest BCUT2D eigenvalue weighted by Crippen LogP contribution is -2.58. The molecule has 3 heteroatoms. The normalized spacial score (nSPS) is 21.6. The number of hydrogen-bond donors (Lipinski definition) is 0. The molecule has 0 radical (unpaired) electrons. The highest BCUT2D eigenvalue weighted by molar-refractivity contribution is 5.96. The summed E-state index contributed by atoms with van der Waals surface area (Å²) < 4.78 is 0. The lowest BCUT2D eigenvalue weighted by Gasteiger charge is -2.51. The Balaban J connectivity index is 2.03. The van der Waals surface area contributed by atoms with Crippen molar-refractivity contribution in [1.29, 1.82) is 0 Å². The van der Waals surface area contributed by atoms with Crippen LogP contribution in [0.1, 0.15) is 57.3 Å². The first-order valence-corrected chi connectivity index (χ1v) is 7.34. The summed E-state index contributed by atoms with van der Waals surface area (Å²) in [7, 11) is 0. The van der Waals surface area contributed by atoms with Crippen molar-refractivity contribution in [3.8, 4) is 0 Å². The van der Waals surface area contributed by atoms with E-state index in [2.05, 4.69) is 27.7 Å². The van der Waals surface area contributed by atoms with Gasteiger partial charge < -0.3 is 0 Å². The molecule has 3 nitrogen and oxygen atoms in total. The van der Waals surface area contributed by atoms with Crippen LogP contribution in [0.5, 0.6) is 0 Å². The minimum absolute atomic E-state index is 0.0290. The van der Waals surface area contributed by atoms with E-state index in [1.807, 2.05) is 35.4 Å². The monoisotopic (exact) mass is 275 g/mol. The largest absolute Gasteiger partial charge is 0.291 e. The molecule has 0 aromatic heterocycles. The van der Waals surface area contributed by atoms with Gasteiger partial charge in [0, 0.05) is 16.6 Å². The molecular formula is C17H25NO2. The molecule has 1 heterocycles. The van der Waals surface area contributed by atoms with Crippen LogP contribution < -0.4 is 0 Å². The molecule has 0 unspecified atom stereocenters. The molecule has 2 rings (SSSR count). The van der Waals surface area contributed by atoms with Gasteiger partial charge in [0.05, 0.1) is 0 Å². The third kappa shape index (κ3) is 3.28. The molecule has 20 heavy (non-hydrogen) atoms. The summed E-state index contributed by atoms with van der Waals surface area (Å²) in [4.78, 5) is 18.1. The Bertz CT molecular complexity index is 449. The topological polar surface area (TPSA) is 29.5 Å². The molecular weight excluding hydrogens is 250 g/mol. The summed E-state index contributed by atoms with van der Waals surface area (Å²) in [5.41, 5.74) is 0.650. The quantitative estimate of drug-likeness (QED) is 0.782. The van der Waals surface area contributed by atoms with Crippen molar-refractivity contribution in [1.82, 2.24) is 5.06 Å². The second-order valence-corrected chi connectivity index (χ2v) is 6.84. The second kappa shape index (κ2) is 5.66. The fourth-order valence-electron chi connectivity index (χ4n) is 3.16. The van der Waals surface area contributed by atoms with Crippen molar-refractivity contribution in [2.24, 2.45) is 0 Å². The third-order valence-electron chi connectivity index (χ3n) is 4.10. The van der Waals surface area contributed by atoms with Crippen LogP contribution in [0.25, 0.3) is 0 Å². The molecule has 1 saturated heterocycles. The highest BCUT2D eigenvalue weighted by Crippen LogP contribution is 2.38. The van der Waals surface area contributed by atoms with Gasteiger partial charge >= 0.3 is 0 Å². The van der Waals surface area contributed by atoms with Crippen LogP contribution in [0.2, 0.25) is 0 Å². The predicted octanol–water partition coefficient (Wildman–Crippen LogP) is 3.84. The Labute approximate surface area is 121 Å². The molecule has 1 fully saturated rings. The van der Waals surface area contributed by atoms with Crippen LogP contribution in [-0.4, -0.2) is 28.5 Å². The lowest BCUT2D eigenvalue weighted by atomic mass is 9.82. The Morgan fingerprint density at radius 3 is 2.20 bits per heavy atom. The van der Waals surface area contributed by atoms with Gasteiger partial charge in [-0.15, -0.1) is 0 Å². The van der Waals surface area contributed by atoms with E-state index in [1.54, 1.807) is 0 Å². The zero-order chi connectivity index (χ0) is 14.8. The zero-order valence-electron chi connectivity index (χ0n) is 13.0. The van der Waals surface area contributed by atoms with E-state index in [1.165, 1.54) is 6.42 Å². The highest BCUT2D eigenvalue weighted by atomic mass is 16.7. The molecule has 1 aliphatic rings. The van der Waals surface area contributed by atoms with E-state index in [-0.39, 0.29) is 23.5 Å². The molecule has 1 aliphatic heterocycles. The molecule has 0 spiro atoms. The van der Waals surface area contributed by atoms with Crippen LogP contribution in [0.15, 0.2) is 30.3 Å². The lowest BCUT2D eigenvalue weighted by molar-refractivity contribution is -0.273. The van der Waals surface area contributed by atoms with E-state index in [9.17, 15) is 4.79 Å². The number of carbonyl (C=O) groups excluding carboxylic acids is 1. The summed E-state index contributed by atoms with van der Waals surface area (Å²) in [6.07, 6.45) is 3.39. The number of ketones is 1. The van der Waals surface area contributed by atoms with E-state index < -0.39 is 0 Å². The Morgan fingerprint density at radius 2 is 1.65 bits per heavy atom. The smallest absolute Gasteiger partial charge is 0.190 e. The average Bonchev–Trinajstić information content (AvgIpc) is 2.37. The van der Waals surface area contributed by atoms with Gasteiger partial charge in [0.1, 0.15) is 6.61 Å². The van der Waals surface area contributed by atoms with E-state index in [4.69, 9.17) is 4.84 Å². The fraction of sp³-hybridized carbons (Fsp3) is 0.588. The summed E-state index contributed by atoms with van der Waals surface area (Å²) in [5, 5.41) is 2.03. The minimum atomic E-state index is -0.0290. The second-order valence-electron chi connectivity index (χ2n) is 6.84. The first-order chi connectivity index (χ1) is 9.33. The molecule has 0 saturated carbocycles. The highest BCUT2D eigenvalue weighted by Gasteiger charge is 2.42. The van der Waals surface area contributed by atoms with Crippen LogP contribution in [0.4, 0.5) is 0 Å². The van der Waals surface area contributed by atoms with Gasteiger partial charge in [0.25, 0.3) is 0 Å². The first kappa shape index (κ1) is 15.2. The number of Topliss-reactive ketones (excluding diaryl/α,β-unsaturated/α-hetero) is 1. The number of nitrogens with zero attached hydrogens (tertiary/aromatic N) is 1. The van der Waals surface area contributed by atoms with Gasteiger partial charge in [-0.1, -0.05) is 30.3 Å². The van der Waals surface area contributed by atoms with Crippen molar-refractivity contribution in [3.63, 3.8) is 0 Å². The fourth-order valence-corrected chi connectivity index (χ4v) is 3.16. The van der Waals surface area contributed by atoms with Crippen molar-refractivity contribution >= 4 is 5.78 Å². The maximum absolute atomic E-state index is 12.2. The summed E-state index contributed by atoms with van der Waals surface area (Å²) >= 11 is 0. The van der Waals surface area contributed by atoms with E-state index in [0.717, 1.165) is 12.8 Å². The summed E-state index contributed by atoms with van der Waals surface area (Å²) in [6, 6.07) is 9.33. The maximum atomic E-state index is 12.2. The molecule has 0 atom stereocenters. The van der Waals surface area contributed by atoms with Crippen molar-refractivity contribution < 1.29 is 9.63 Å². The summed E-state index contributed by atoms with van der Waals surface area (Å²) in [6.45, 7) is 8.83. The van der Waals surface area contributed by atoms with Gasteiger partial charge in [-0.25, -0.2) is 0 Å². The van der Waals surface area contributed by atoms with Crippen LogP contribution in [-0.2, 0) is 4.84 Å². The van der Waals surface area contributed by atoms with Crippen molar-refractivity contribution in [2.45, 2.75) is 58.0 Å². The van der Waals surface area contributed by atoms with Gasteiger partial charge in [-0.05, 0) is 47.0 Å². The first-order valence-electron chi connectivity index (χ1n) is 7.34. The van der Waals surface area contributed by atoms with Crippen molar-refractivity contribution in [3.05, 3.63) is 35.9 Å². The molecule has 1 aromatic rings. The number of carbonyl (C=O) groups is 1. The summed E-state index contributed by atoms with van der Waals surface area (Å²) in [5.74, 6) is 0.0303. The van der Waals surface area contributed by atoms with Crippen LogP contribution in [0, 0.1) is 0 Å². The van der Waals surface area contributed by atoms with Crippen LogP contribution in [0.3, 0.4) is 0 Å². The Kier molecular flexibility index (Phi) is 4.31. The molecule has 1 aromatic carbocycles. The zero-order valence-corrected chi connectivity index (χ0v) is 13.0. The third-order valence-corrected chi connectivity index (χ3v) is 4.10. The number of piperidine rings is 1. The molecule has 0 N–H and O–H groups in total.